The Morgan fingerprint density at radius 1 is 1.04 bits per heavy atom. The second-order valence-corrected chi connectivity index (χ2v) is 7.56. The number of hydrogen-bond acceptors (Lipinski definition) is 4. The zero-order chi connectivity index (χ0) is 17.1. The zero-order valence-electron chi connectivity index (χ0n) is 15.3. The fraction of sp³-hybridized carbons (Fsp3) is 0.571. The minimum Gasteiger partial charge on any atom is -0.494 e. The first-order chi connectivity index (χ1) is 12.3. The molecule has 134 valence electrons. The van der Waals surface area contributed by atoms with Crippen LogP contribution in [0.15, 0.2) is 30.3 Å². The van der Waals surface area contributed by atoms with Crippen LogP contribution in [-0.2, 0) is 0 Å². The summed E-state index contributed by atoms with van der Waals surface area (Å²) >= 11 is 0. The molecule has 0 bridgehead atoms. The van der Waals surface area contributed by atoms with Gasteiger partial charge in [-0.25, -0.2) is 4.98 Å². The average molecular weight is 339 g/mol. The molecule has 0 unspecified atom stereocenters. The number of likely N-dealkylation sites (tertiary alicyclic amines) is 1. The second kappa shape index (κ2) is 7.20. The Morgan fingerprint density at radius 2 is 1.84 bits per heavy atom. The molecule has 4 nitrogen and oxygen atoms in total. The smallest absolute Gasteiger partial charge is 0.145 e. The van der Waals surface area contributed by atoms with E-state index in [1.165, 1.54) is 58.0 Å². The summed E-state index contributed by atoms with van der Waals surface area (Å²) in [6, 6.07) is 10.3. The van der Waals surface area contributed by atoms with Crippen molar-refractivity contribution in [1.29, 1.82) is 0 Å². The molecular weight excluding hydrogens is 310 g/mol. The minimum atomic E-state index is 0.331. The summed E-state index contributed by atoms with van der Waals surface area (Å²) < 4.78 is 5.48. The van der Waals surface area contributed by atoms with Crippen LogP contribution in [0, 0.1) is 0 Å². The molecule has 0 atom stereocenters. The number of methoxy groups -OCH3 is 1. The van der Waals surface area contributed by atoms with Gasteiger partial charge in [-0.2, -0.15) is 0 Å². The van der Waals surface area contributed by atoms with Gasteiger partial charge in [-0.15, -0.1) is 0 Å². The van der Waals surface area contributed by atoms with E-state index in [4.69, 9.17) is 9.72 Å². The molecule has 0 amide bonds. The van der Waals surface area contributed by atoms with Gasteiger partial charge in [0.05, 0.1) is 7.11 Å². The van der Waals surface area contributed by atoms with E-state index < -0.39 is 0 Å². The zero-order valence-corrected chi connectivity index (χ0v) is 15.3. The number of piperidine rings is 1. The number of nitrogens with zero attached hydrogens (tertiary/aromatic N) is 2. The number of anilines is 1. The van der Waals surface area contributed by atoms with Crippen LogP contribution in [0.25, 0.3) is 10.9 Å². The van der Waals surface area contributed by atoms with E-state index >= 15 is 0 Å². The topological polar surface area (TPSA) is 37.4 Å². The molecule has 0 radical (unpaired) electrons. The number of rotatable bonds is 5. The van der Waals surface area contributed by atoms with E-state index in [2.05, 4.69) is 28.4 Å². The Kier molecular flexibility index (Phi) is 4.80. The normalized spacial score (nSPS) is 20.7. The fourth-order valence-corrected chi connectivity index (χ4v) is 4.64. The SMILES string of the molecule is COc1cccc2ccc(NCC3(N4CCCCC4)CCCC3)nc12. The maximum Gasteiger partial charge on any atom is 0.145 e. The number of hydrogen-bond donors (Lipinski definition) is 1. The third-order valence-corrected chi connectivity index (χ3v) is 6.06. The predicted octanol–water partition coefficient (Wildman–Crippen LogP) is 4.45. The van der Waals surface area contributed by atoms with Gasteiger partial charge in [0.15, 0.2) is 0 Å². The predicted molar refractivity (Wildman–Crippen MR) is 103 cm³/mol. The van der Waals surface area contributed by atoms with Crippen LogP contribution in [0.5, 0.6) is 5.75 Å². The fourth-order valence-electron chi connectivity index (χ4n) is 4.64. The van der Waals surface area contributed by atoms with Crippen LogP contribution in [0.2, 0.25) is 0 Å². The lowest BCUT2D eigenvalue weighted by Crippen LogP contribution is -2.53. The van der Waals surface area contributed by atoms with Gasteiger partial charge in [-0.1, -0.05) is 31.4 Å². The van der Waals surface area contributed by atoms with Crippen molar-refractivity contribution in [1.82, 2.24) is 9.88 Å². The summed E-state index contributed by atoms with van der Waals surface area (Å²) in [7, 11) is 1.71. The average Bonchev–Trinajstić information content (AvgIpc) is 3.16. The lowest BCUT2D eigenvalue weighted by Gasteiger charge is -2.43. The van der Waals surface area contributed by atoms with Gasteiger partial charge >= 0.3 is 0 Å². The molecule has 2 fully saturated rings. The van der Waals surface area contributed by atoms with Crippen molar-refractivity contribution in [3.63, 3.8) is 0 Å². The van der Waals surface area contributed by atoms with Crippen LogP contribution < -0.4 is 10.1 Å². The summed E-state index contributed by atoms with van der Waals surface area (Å²) in [4.78, 5) is 7.59. The molecular formula is C21H29N3O. The monoisotopic (exact) mass is 339 g/mol. The number of para-hydroxylation sites is 1. The molecule has 1 aromatic heterocycles. The highest BCUT2D eigenvalue weighted by atomic mass is 16.5. The van der Waals surface area contributed by atoms with Gasteiger partial charge in [-0.05, 0) is 57.0 Å². The lowest BCUT2D eigenvalue weighted by atomic mass is 9.92. The molecule has 2 aromatic rings. The number of nitrogens with one attached hydrogen (secondary N) is 1. The number of fused-ring (bicyclic) bond motifs is 1. The van der Waals surface area contributed by atoms with Gasteiger partial charge in [-0.3, -0.25) is 4.90 Å². The molecule has 2 aliphatic rings. The number of aromatic nitrogens is 1. The Balaban J connectivity index is 1.53. The highest BCUT2D eigenvalue weighted by Gasteiger charge is 2.39. The van der Waals surface area contributed by atoms with Crippen molar-refractivity contribution in [3.05, 3.63) is 30.3 Å². The van der Waals surface area contributed by atoms with Gasteiger partial charge in [0.1, 0.15) is 17.1 Å². The first kappa shape index (κ1) is 16.6. The van der Waals surface area contributed by atoms with Crippen LogP contribution in [0.1, 0.15) is 44.9 Å². The summed E-state index contributed by atoms with van der Waals surface area (Å²) in [5.41, 5.74) is 1.27. The summed E-state index contributed by atoms with van der Waals surface area (Å²) in [5, 5.41) is 4.78. The van der Waals surface area contributed by atoms with Crippen molar-refractivity contribution < 1.29 is 4.74 Å². The molecule has 1 saturated carbocycles. The van der Waals surface area contributed by atoms with Gasteiger partial charge in [0, 0.05) is 17.5 Å². The Labute approximate surface area is 150 Å². The van der Waals surface area contributed by atoms with E-state index in [1.54, 1.807) is 7.11 Å². The van der Waals surface area contributed by atoms with Crippen LogP contribution >= 0.6 is 0 Å². The van der Waals surface area contributed by atoms with E-state index in [0.717, 1.165) is 29.0 Å². The lowest BCUT2D eigenvalue weighted by molar-refractivity contribution is 0.0808. The third-order valence-electron chi connectivity index (χ3n) is 6.06. The van der Waals surface area contributed by atoms with Gasteiger partial charge in [0.25, 0.3) is 0 Å². The van der Waals surface area contributed by atoms with Crippen molar-refractivity contribution in [3.8, 4) is 5.75 Å². The van der Waals surface area contributed by atoms with Gasteiger partial charge < -0.3 is 10.1 Å². The molecule has 4 heteroatoms. The molecule has 4 rings (SSSR count). The van der Waals surface area contributed by atoms with Crippen LogP contribution in [0.4, 0.5) is 5.82 Å². The van der Waals surface area contributed by atoms with E-state index in [1.807, 2.05) is 12.1 Å². The third kappa shape index (κ3) is 3.32. The molecule has 1 saturated heterocycles. The molecule has 25 heavy (non-hydrogen) atoms. The van der Waals surface area contributed by atoms with Crippen molar-refractivity contribution in [2.75, 3.05) is 32.1 Å². The number of ether oxygens (including phenoxy) is 1. The first-order valence-electron chi connectivity index (χ1n) is 9.73. The number of benzene rings is 1. The first-order valence-corrected chi connectivity index (χ1v) is 9.73. The Morgan fingerprint density at radius 3 is 2.60 bits per heavy atom. The maximum atomic E-state index is 5.48. The maximum absolute atomic E-state index is 5.48. The Bertz CT molecular complexity index is 718. The second-order valence-electron chi connectivity index (χ2n) is 7.56. The van der Waals surface area contributed by atoms with E-state index in [-0.39, 0.29) is 0 Å². The van der Waals surface area contributed by atoms with Gasteiger partial charge in [0.2, 0.25) is 0 Å². The Hall–Kier alpha value is -1.81. The molecule has 2 heterocycles. The largest absolute Gasteiger partial charge is 0.494 e. The van der Waals surface area contributed by atoms with E-state index in [0.29, 0.717) is 5.54 Å². The number of pyridine rings is 1. The van der Waals surface area contributed by atoms with Crippen molar-refractivity contribution in [2.45, 2.75) is 50.5 Å². The molecule has 1 N–H and O–H groups in total. The summed E-state index contributed by atoms with van der Waals surface area (Å²) in [5.74, 6) is 1.80. The summed E-state index contributed by atoms with van der Waals surface area (Å²) in [6.07, 6.45) is 9.45. The quantitative estimate of drug-likeness (QED) is 0.873. The molecule has 1 aliphatic carbocycles. The van der Waals surface area contributed by atoms with Crippen LogP contribution in [0.3, 0.4) is 0 Å². The standard InChI is InChI=1S/C21H29N3O/c1-25-18-9-7-8-17-10-11-19(23-20(17)18)22-16-21(12-3-4-13-21)24-14-5-2-6-15-24/h7-11H,2-6,12-16H2,1H3,(H,22,23). The van der Waals surface area contributed by atoms with Crippen molar-refractivity contribution >= 4 is 16.7 Å². The molecule has 0 spiro atoms. The highest BCUT2D eigenvalue weighted by molar-refractivity contribution is 5.85. The van der Waals surface area contributed by atoms with Crippen LogP contribution in [-0.4, -0.2) is 42.2 Å². The van der Waals surface area contributed by atoms with E-state index in [9.17, 15) is 0 Å². The highest BCUT2D eigenvalue weighted by Crippen LogP contribution is 2.37. The summed E-state index contributed by atoms with van der Waals surface area (Å²) in [6.45, 7) is 3.53. The molecule has 1 aliphatic heterocycles. The van der Waals surface area contributed by atoms with Crippen molar-refractivity contribution in [2.24, 2.45) is 0 Å². The molecule has 1 aromatic carbocycles. The minimum absolute atomic E-state index is 0.331.